The van der Waals surface area contributed by atoms with Crippen molar-refractivity contribution in [3.05, 3.63) is 0 Å². The van der Waals surface area contributed by atoms with Crippen LogP contribution in [0.5, 0.6) is 0 Å². The van der Waals surface area contributed by atoms with Gasteiger partial charge in [-0.25, -0.2) is 0 Å². The second-order valence-electron chi connectivity index (χ2n) is 1.34. The monoisotopic (exact) mass is 216 g/mol. The van der Waals surface area contributed by atoms with E-state index in [9.17, 15) is 0 Å². The summed E-state index contributed by atoms with van der Waals surface area (Å²) in [4.78, 5) is 0. The average molecular weight is 217 g/mol. The molecule has 0 bridgehead atoms. The minimum atomic E-state index is -0.693. The fourth-order valence-electron chi connectivity index (χ4n) is 0.294. The largest absolute Gasteiger partial charge is 0.449 e. The molecular formula is H12O4Si5. The van der Waals surface area contributed by atoms with Crippen LogP contribution in [0.15, 0.2) is 0 Å². The summed E-state index contributed by atoms with van der Waals surface area (Å²) in [5.41, 5.74) is 0. The Morgan fingerprint density at radius 1 is 0.778 bits per heavy atom. The van der Waals surface area contributed by atoms with Gasteiger partial charge in [0.25, 0.3) is 30.0 Å². The Balaban J connectivity index is 2.60. The Kier molecular flexibility index (Phi) is 9.84. The quantitative estimate of drug-likeness (QED) is 0.328. The first kappa shape index (κ1) is 9.92. The number of hydrogen-bond donors (Lipinski definition) is 0. The second kappa shape index (κ2) is 8.92. The lowest BCUT2D eigenvalue weighted by Gasteiger charge is -2.01. The Bertz CT molecular complexity index is 42.2. The predicted molar refractivity (Wildman–Crippen MR) is 49.9 cm³/mol. The summed E-state index contributed by atoms with van der Waals surface area (Å²) in [6.45, 7) is 0. The van der Waals surface area contributed by atoms with Crippen molar-refractivity contribution in [3.8, 4) is 0 Å². The Morgan fingerprint density at radius 3 is 1.56 bits per heavy atom. The third-order valence-corrected chi connectivity index (χ3v) is 5.12. The maximum absolute atomic E-state index is 5.12. The van der Waals surface area contributed by atoms with Crippen molar-refractivity contribution in [2.24, 2.45) is 0 Å². The third kappa shape index (κ3) is 8.92. The van der Waals surface area contributed by atoms with Gasteiger partial charge in [0.1, 0.15) is 21.0 Å². The maximum atomic E-state index is 5.12. The average Bonchev–Trinajstić information content (AvgIpc) is 1.89. The first-order valence-corrected chi connectivity index (χ1v) is 7.65. The van der Waals surface area contributed by atoms with Crippen LogP contribution in [0.2, 0.25) is 0 Å². The number of hydrogen-bond acceptors (Lipinski definition) is 4. The molecule has 0 spiro atoms. The molecule has 0 radical (unpaired) electrons. The van der Waals surface area contributed by atoms with E-state index in [1.807, 2.05) is 0 Å². The van der Waals surface area contributed by atoms with Crippen LogP contribution in [-0.2, 0) is 16.5 Å². The predicted octanol–water partition coefficient (Wildman–Crippen LogP) is -5.39. The van der Waals surface area contributed by atoms with Crippen molar-refractivity contribution in [2.75, 3.05) is 0 Å². The Morgan fingerprint density at radius 2 is 1.22 bits per heavy atom. The van der Waals surface area contributed by atoms with Crippen molar-refractivity contribution < 1.29 is 16.5 Å². The molecule has 0 N–H and O–H groups in total. The molecule has 4 nitrogen and oxygen atoms in total. The molecule has 9 heavy (non-hydrogen) atoms. The van der Waals surface area contributed by atoms with E-state index in [-0.39, 0.29) is 0 Å². The van der Waals surface area contributed by atoms with E-state index in [2.05, 4.69) is 0 Å². The van der Waals surface area contributed by atoms with Crippen molar-refractivity contribution in [1.82, 2.24) is 0 Å². The topological polar surface area (TPSA) is 36.9 Å². The first-order chi connectivity index (χ1) is 4.41. The zero-order valence-corrected chi connectivity index (χ0v) is 14.0. The van der Waals surface area contributed by atoms with E-state index in [1.54, 1.807) is 0 Å². The molecule has 0 aromatic heterocycles. The third-order valence-electron chi connectivity index (χ3n) is 0.569. The van der Waals surface area contributed by atoms with E-state index in [1.165, 1.54) is 0 Å². The van der Waals surface area contributed by atoms with E-state index < -0.39 is 30.0 Å². The van der Waals surface area contributed by atoms with Gasteiger partial charge < -0.3 is 16.5 Å². The molecule has 0 rings (SSSR count). The van der Waals surface area contributed by atoms with Crippen molar-refractivity contribution >= 4 is 51.0 Å². The summed E-state index contributed by atoms with van der Waals surface area (Å²) in [6, 6.07) is 0. The number of rotatable bonds is 6. The van der Waals surface area contributed by atoms with Gasteiger partial charge in [-0.2, -0.15) is 0 Å². The fourth-order valence-corrected chi connectivity index (χ4v) is 6.70. The lowest BCUT2D eigenvalue weighted by molar-refractivity contribution is 0.410. The molecular weight excluding hydrogens is 204 g/mol. The van der Waals surface area contributed by atoms with Gasteiger partial charge in [0.15, 0.2) is 0 Å². The summed E-state index contributed by atoms with van der Waals surface area (Å²) < 4.78 is 20.1. The molecule has 0 aliphatic rings. The van der Waals surface area contributed by atoms with Crippen LogP contribution in [0.1, 0.15) is 0 Å². The zero-order chi connectivity index (χ0) is 6.95. The highest BCUT2D eigenvalue weighted by Crippen LogP contribution is 1.69. The molecule has 0 aliphatic carbocycles. The van der Waals surface area contributed by atoms with Crippen LogP contribution >= 0.6 is 0 Å². The van der Waals surface area contributed by atoms with Crippen LogP contribution in [0, 0.1) is 0 Å². The van der Waals surface area contributed by atoms with Crippen LogP contribution in [0.25, 0.3) is 0 Å². The summed E-state index contributed by atoms with van der Waals surface area (Å²) >= 11 is 0. The molecule has 9 heteroatoms. The van der Waals surface area contributed by atoms with E-state index in [4.69, 9.17) is 16.5 Å². The lowest BCUT2D eigenvalue weighted by atomic mass is 15.7. The Hall–Kier alpha value is 0.924. The fraction of sp³-hybridized carbons (Fsp3) is 0. The van der Waals surface area contributed by atoms with Gasteiger partial charge in [0, 0.05) is 0 Å². The standard InChI is InChI=1S/H12O4Si5/c5-1-7-3-9-4-8-2-6/h7-9H2,5-6H3. The maximum Gasteiger partial charge on any atom is 0.286 e. The highest BCUT2D eigenvalue weighted by atomic mass is 28.4. The molecule has 0 aromatic carbocycles. The van der Waals surface area contributed by atoms with Gasteiger partial charge in [-0.05, 0) is 0 Å². The van der Waals surface area contributed by atoms with Gasteiger partial charge in [-0.3, -0.25) is 0 Å². The van der Waals surface area contributed by atoms with E-state index in [0.717, 1.165) is 21.0 Å². The second-order valence-corrected chi connectivity index (χ2v) is 9.93. The van der Waals surface area contributed by atoms with Gasteiger partial charge in [0.2, 0.25) is 0 Å². The van der Waals surface area contributed by atoms with Gasteiger partial charge in [0.05, 0.1) is 0 Å². The molecule has 0 aliphatic heterocycles. The molecule has 0 aromatic rings. The van der Waals surface area contributed by atoms with E-state index in [0.29, 0.717) is 0 Å². The molecule has 56 valence electrons. The highest BCUT2D eigenvalue weighted by Gasteiger charge is 1.86. The molecule has 0 saturated heterocycles. The van der Waals surface area contributed by atoms with Crippen LogP contribution in [0.3, 0.4) is 0 Å². The van der Waals surface area contributed by atoms with Gasteiger partial charge in [-0.1, -0.05) is 0 Å². The minimum Gasteiger partial charge on any atom is -0.449 e. The van der Waals surface area contributed by atoms with Crippen molar-refractivity contribution in [3.63, 3.8) is 0 Å². The normalized spacial score (nSPS) is 14.7. The zero-order valence-electron chi connectivity index (χ0n) is 5.75. The SMILES string of the molecule is [SiH3]O[SiH2]O[SiH2]O[SiH2]O[SiH3]. The van der Waals surface area contributed by atoms with Crippen molar-refractivity contribution in [2.45, 2.75) is 0 Å². The van der Waals surface area contributed by atoms with Gasteiger partial charge >= 0.3 is 0 Å². The molecule has 0 fully saturated rings. The molecule has 0 saturated carbocycles. The van der Waals surface area contributed by atoms with Crippen LogP contribution in [-0.4, -0.2) is 51.0 Å². The molecule has 0 unspecified atom stereocenters. The van der Waals surface area contributed by atoms with E-state index >= 15 is 0 Å². The summed E-state index contributed by atoms with van der Waals surface area (Å²) in [7, 11) is -0.355. The lowest BCUT2D eigenvalue weighted by Crippen LogP contribution is -2.13. The molecule has 0 amide bonds. The summed E-state index contributed by atoms with van der Waals surface area (Å²) in [5.74, 6) is 0. The highest BCUT2D eigenvalue weighted by molar-refractivity contribution is 6.44. The van der Waals surface area contributed by atoms with Gasteiger partial charge in [-0.15, -0.1) is 0 Å². The van der Waals surface area contributed by atoms with Crippen LogP contribution in [0.4, 0.5) is 0 Å². The van der Waals surface area contributed by atoms with Crippen molar-refractivity contribution in [1.29, 1.82) is 0 Å². The first-order valence-electron chi connectivity index (χ1n) is 2.55. The smallest absolute Gasteiger partial charge is 0.286 e. The summed E-state index contributed by atoms with van der Waals surface area (Å²) in [5, 5.41) is 0. The van der Waals surface area contributed by atoms with Crippen LogP contribution < -0.4 is 0 Å². The minimum absolute atomic E-state index is 0.630. The molecule has 0 atom stereocenters. The summed E-state index contributed by atoms with van der Waals surface area (Å²) in [6.07, 6.45) is 0. The Labute approximate surface area is 67.9 Å². The molecule has 0 heterocycles.